The average Bonchev–Trinajstić information content (AvgIpc) is 2.39. The molecule has 0 saturated carbocycles. The Hall–Kier alpha value is -0.780. The van der Waals surface area contributed by atoms with Crippen molar-refractivity contribution in [3.63, 3.8) is 0 Å². The predicted octanol–water partition coefficient (Wildman–Crippen LogP) is 0.437. The minimum absolute atomic E-state index is 0.204. The van der Waals surface area contributed by atoms with Gasteiger partial charge in [-0.1, -0.05) is 0 Å². The van der Waals surface area contributed by atoms with E-state index in [9.17, 15) is 18.0 Å². The van der Waals surface area contributed by atoms with Crippen LogP contribution in [0, 0.1) is 0 Å². The molecule has 0 aromatic rings. The Bertz CT molecular complexity index is 138. The topological polar surface area (TPSA) is 49.3 Å². The lowest BCUT2D eigenvalue weighted by atomic mass is 10.4. The van der Waals surface area contributed by atoms with Gasteiger partial charge in [-0.2, -0.15) is 13.2 Å². The molecule has 1 amide bonds. The van der Waals surface area contributed by atoms with Crippen LogP contribution in [0.4, 0.5) is 13.2 Å². The zero-order chi connectivity index (χ0) is 9.61. The molecule has 0 aromatic heterocycles. The van der Waals surface area contributed by atoms with Gasteiger partial charge in [0.1, 0.15) is 6.61 Å². The van der Waals surface area contributed by atoms with E-state index in [1.54, 1.807) is 0 Å². The summed E-state index contributed by atoms with van der Waals surface area (Å²) in [5.74, 6) is 0.204. The highest BCUT2D eigenvalue weighted by Gasteiger charge is 2.24. The normalized spacial score (nSPS) is 16.5. The first-order chi connectivity index (χ1) is 5.45. The third kappa shape index (κ3) is 7.33. The molecule has 0 bridgehead atoms. The third-order valence-corrected chi connectivity index (χ3v) is 1.08. The van der Waals surface area contributed by atoms with Crippen LogP contribution in [-0.4, -0.2) is 30.3 Å². The molecule has 2 N–H and O–H groups in total. The van der Waals surface area contributed by atoms with Crippen LogP contribution >= 0.6 is 0 Å². The molecule has 1 heterocycles. The van der Waals surface area contributed by atoms with Crippen LogP contribution < -0.4 is 5.32 Å². The molecular weight excluding hydrogens is 175 g/mol. The minimum Gasteiger partial charge on any atom is -0.387 e. The van der Waals surface area contributed by atoms with Crippen LogP contribution in [0.3, 0.4) is 0 Å². The fraction of sp³-hybridized carbons (Fsp3) is 0.833. The van der Waals surface area contributed by atoms with Gasteiger partial charge in [-0.05, 0) is 6.42 Å². The van der Waals surface area contributed by atoms with Crippen molar-refractivity contribution < 1.29 is 23.1 Å². The molecule has 0 unspecified atom stereocenters. The van der Waals surface area contributed by atoms with Gasteiger partial charge in [0.25, 0.3) is 0 Å². The van der Waals surface area contributed by atoms with E-state index in [2.05, 4.69) is 5.32 Å². The lowest BCUT2D eigenvalue weighted by molar-refractivity contribution is -0.159. The van der Waals surface area contributed by atoms with Crippen LogP contribution in [-0.2, 0) is 4.79 Å². The minimum atomic E-state index is -4.40. The van der Waals surface area contributed by atoms with Gasteiger partial charge in [-0.25, -0.2) is 0 Å². The van der Waals surface area contributed by atoms with Gasteiger partial charge < -0.3 is 10.4 Å². The number of hydrogen-bond donors (Lipinski definition) is 2. The Kier molecular flexibility index (Phi) is 4.65. The number of alkyl halides is 3. The molecule has 0 aliphatic carbocycles. The summed E-state index contributed by atoms with van der Waals surface area (Å²) in [4.78, 5) is 10.1. The second-order valence-corrected chi connectivity index (χ2v) is 2.23. The number of aliphatic hydroxyl groups is 1. The number of hydrogen-bond acceptors (Lipinski definition) is 2. The molecule has 72 valence electrons. The summed E-state index contributed by atoms with van der Waals surface area (Å²) in [5, 5.41) is 9.96. The maximum Gasteiger partial charge on any atom is 0.411 e. The van der Waals surface area contributed by atoms with E-state index in [1.807, 2.05) is 0 Å². The molecule has 6 heteroatoms. The molecule has 1 aliphatic rings. The molecule has 0 atom stereocenters. The zero-order valence-electron chi connectivity index (χ0n) is 6.32. The quantitative estimate of drug-likeness (QED) is 0.575. The largest absolute Gasteiger partial charge is 0.411 e. The first-order valence-corrected chi connectivity index (χ1v) is 3.40. The average molecular weight is 185 g/mol. The van der Waals surface area contributed by atoms with E-state index in [0.717, 1.165) is 19.4 Å². The Labute approximate surface area is 67.6 Å². The van der Waals surface area contributed by atoms with Crippen molar-refractivity contribution in [3.8, 4) is 0 Å². The summed E-state index contributed by atoms with van der Waals surface area (Å²) < 4.78 is 31.6. The second kappa shape index (κ2) is 4.97. The Balaban J connectivity index is 0.000000202. The van der Waals surface area contributed by atoms with E-state index >= 15 is 0 Å². The summed E-state index contributed by atoms with van der Waals surface area (Å²) >= 11 is 0. The summed E-state index contributed by atoms with van der Waals surface area (Å²) in [6.45, 7) is -0.841. The van der Waals surface area contributed by atoms with Gasteiger partial charge >= 0.3 is 6.18 Å². The van der Waals surface area contributed by atoms with Crippen molar-refractivity contribution in [1.29, 1.82) is 0 Å². The fourth-order valence-electron chi connectivity index (χ4n) is 0.565. The number of nitrogens with one attached hydrogen (secondary N) is 1. The SMILES string of the molecule is O=C1CCCN1.OCC(F)(F)F. The van der Waals surface area contributed by atoms with Gasteiger partial charge in [-0.3, -0.25) is 4.79 Å². The van der Waals surface area contributed by atoms with Gasteiger partial charge in [0, 0.05) is 13.0 Å². The number of halogens is 3. The third-order valence-electron chi connectivity index (χ3n) is 1.08. The molecule has 1 saturated heterocycles. The van der Waals surface area contributed by atoms with E-state index in [0.29, 0.717) is 0 Å². The molecule has 0 spiro atoms. The van der Waals surface area contributed by atoms with E-state index < -0.39 is 12.8 Å². The first-order valence-electron chi connectivity index (χ1n) is 3.40. The predicted molar refractivity (Wildman–Crippen MR) is 35.4 cm³/mol. The maximum absolute atomic E-state index is 10.5. The van der Waals surface area contributed by atoms with Gasteiger partial charge in [0.15, 0.2) is 0 Å². The van der Waals surface area contributed by atoms with Crippen molar-refractivity contribution in [2.45, 2.75) is 19.0 Å². The first kappa shape index (κ1) is 11.2. The Morgan fingerprint density at radius 1 is 1.50 bits per heavy atom. The monoisotopic (exact) mass is 185 g/mol. The fourth-order valence-corrected chi connectivity index (χ4v) is 0.565. The van der Waals surface area contributed by atoms with E-state index in [4.69, 9.17) is 5.11 Å². The van der Waals surface area contributed by atoms with Crippen molar-refractivity contribution in [1.82, 2.24) is 5.32 Å². The van der Waals surface area contributed by atoms with Crippen LogP contribution in [0.25, 0.3) is 0 Å². The number of carbonyl (C=O) groups is 1. The smallest absolute Gasteiger partial charge is 0.387 e. The summed E-state index contributed by atoms with van der Waals surface area (Å²) in [7, 11) is 0. The molecule has 1 aliphatic heterocycles. The number of aliphatic hydroxyl groups excluding tert-OH is 1. The van der Waals surface area contributed by atoms with Crippen LogP contribution in [0.5, 0.6) is 0 Å². The molecule has 1 rings (SSSR count). The molecular formula is C6H10F3NO2. The van der Waals surface area contributed by atoms with Crippen molar-refractivity contribution >= 4 is 5.91 Å². The van der Waals surface area contributed by atoms with Gasteiger partial charge in [0.05, 0.1) is 0 Å². The van der Waals surface area contributed by atoms with E-state index in [1.165, 1.54) is 0 Å². The highest BCUT2D eigenvalue weighted by atomic mass is 19.4. The van der Waals surface area contributed by atoms with Gasteiger partial charge in [0.2, 0.25) is 5.91 Å². The van der Waals surface area contributed by atoms with E-state index in [-0.39, 0.29) is 5.91 Å². The summed E-state index contributed by atoms with van der Waals surface area (Å²) in [6, 6.07) is 0. The zero-order valence-corrected chi connectivity index (χ0v) is 6.32. The van der Waals surface area contributed by atoms with Gasteiger partial charge in [-0.15, -0.1) is 0 Å². The summed E-state index contributed by atoms with van der Waals surface area (Å²) in [5.41, 5.74) is 0. The van der Waals surface area contributed by atoms with Crippen molar-refractivity contribution in [2.24, 2.45) is 0 Å². The highest BCUT2D eigenvalue weighted by Crippen LogP contribution is 2.11. The second-order valence-electron chi connectivity index (χ2n) is 2.23. The van der Waals surface area contributed by atoms with Crippen molar-refractivity contribution in [2.75, 3.05) is 13.2 Å². The lowest BCUT2D eigenvalue weighted by Gasteiger charge is -1.95. The standard InChI is InChI=1S/C4H7NO.C2H3F3O/c6-4-2-1-3-5-4;3-2(4,5)1-6/h1-3H2,(H,5,6);6H,1H2. The number of rotatable bonds is 0. The number of amides is 1. The summed E-state index contributed by atoms with van der Waals surface area (Å²) in [6.07, 6.45) is -2.64. The molecule has 1 fully saturated rings. The molecule has 3 nitrogen and oxygen atoms in total. The molecule has 0 aromatic carbocycles. The van der Waals surface area contributed by atoms with Crippen LogP contribution in [0.1, 0.15) is 12.8 Å². The lowest BCUT2D eigenvalue weighted by Crippen LogP contribution is -2.12. The number of carbonyl (C=O) groups excluding carboxylic acids is 1. The Morgan fingerprint density at radius 2 is 2.00 bits per heavy atom. The van der Waals surface area contributed by atoms with Crippen molar-refractivity contribution in [3.05, 3.63) is 0 Å². The highest BCUT2D eigenvalue weighted by molar-refractivity contribution is 5.77. The van der Waals surface area contributed by atoms with Crippen LogP contribution in [0.15, 0.2) is 0 Å². The Morgan fingerprint density at radius 3 is 2.08 bits per heavy atom. The maximum atomic E-state index is 10.5. The molecule has 0 radical (unpaired) electrons. The molecule has 12 heavy (non-hydrogen) atoms. The van der Waals surface area contributed by atoms with Crippen LogP contribution in [0.2, 0.25) is 0 Å².